The molecule has 3 aliphatic carbocycles. The standard InChI is InChI=1S/C27H14F6N2S4.C27H18F6N2S4/c1-23-16(8-14(38-23)7-13(11-34)12-35)21-22(26(30,31)27(32,33)25(21,28)29)17-9-15(39-24(17,23)2)10-20-36-18-5-3-4-6-19(18)37-20;1-13-18(8-16(36-13)7-15(11-34)12-35)23-24(26(30,31)27(32,33)25(23,28)29)19-9-17(37-14(19)2)10-22-38-20-5-3-4-6-21(20)39-22/h3-10H,1-2H3;3-10,13-14,18-19H,1-2H3. The molecule has 0 bridgehead atoms. The first-order valence-corrected chi connectivity index (χ1v) is 29.7. The molecule has 0 radical (unpaired) electrons. The fraction of sp³-hybridized carbons (Fsp3) is 0.296. The smallest absolute Gasteiger partial charge is 0.194 e. The lowest BCUT2D eigenvalue weighted by atomic mass is 9.71. The normalized spacial score (nSPS) is 30.2. The molecule has 1 saturated carbocycles. The second kappa shape index (κ2) is 19.6. The van der Waals surface area contributed by atoms with Crippen LogP contribution in [0.2, 0.25) is 0 Å². The average molecular weight is 1220 g/mol. The molecule has 6 unspecified atom stereocenters. The monoisotopic (exact) mass is 1220 g/mol. The number of nitriles is 4. The van der Waals surface area contributed by atoms with Crippen molar-refractivity contribution in [1.82, 2.24) is 0 Å². The van der Waals surface area contributed by atoms with E-state index in [1.54, 1.807) is 57.2 Å². The van der Waals surface area contributed by atoms with Gasteiger partial charge in [-0.2, -0.15) is 73.7 Å². The molecule has 0 amide bonds. The van der Waals surface area contributed by atoms with Crippen molar-refractivity contribution in [3.63, 3.8) is 0 Å². The molecule has 0 saturated heterocycles. The van der Waals surface area contributed by atoms with E-state index in [0.717, 1.165) is 81.6 Å². The number of thioether (sulfide) groups is 8. The SMILES string of the molecule is CC12SC(C=C(C#N)C#N)=CC1=C1C(=C3C=C(C=C4Sc5ccccc5S4)SC32C)C(F)(F)C(F)(F)C1(F)F.CC1SC(C=C(C#N)C#N)=CC1C1=C(C2C=C(C=C3Sc4ccccc4S3)SC2C)C(F)(F)C(F)(F)C1(F)F. The Labute approximate surface area is 473 Å². The Hall–Kier alpha value is -4.50. The first-order valence-electron chi connectivity index (χ1n) is 23.0. The van der Waals surface area contributed by atoms with Crippen molar-refractivity contribution in [2.24, 2.45) is 11.8 Å². The Kier molecular flexibility index (Phi) is 14.3. The lowest BCUT2D eigenvalue weighted by molar-refractivity contribution is -0.266. The molecule has 1 fully saturated rings. The zero-order chi connectivity index (χ0) is 56.5. The van der Waals surface area contributed by atoms with E-state index < -0.39 is 89.7 Å². The molecule has 400 valence electrons. The maximum absolute atomic E-state index is 15.4. The van der Waals surface area contributed by atoms with Gasteiger partial charge in [-0.1, -0.05) is 97.3 Å². The Balaban J connectivity index is 0.000000176. The minimum absolute atomic E-state index is 0.180. The van der Waals surface area contributed by atoms with Crippen LogP contribution in [0.1, 0.15) is 27.7 Å². The summed E-state index contributed by atoms with van der Waals surface area (Å²) in [5.41, 5.74) is -6.46. The van der Waals surface area contributed by atoms with Crippen LogP contribution in [0, 0.1) is 57.2 Å². The first-order chi connectivity index (χ1) is 36.5. The van der Waals surface area contributed by atoms with Crippen LogP contribution in [0.15, 0.2) is 189 Å². The second-order valence-electron chi connectivity index (χ2n) is 18.8. The van der Waals surface area contributed by atoms with Gasteiger partial charge in [0.15, 0.2) is 0 Å². The summed E-state index contributed by atoms with van der Waals surface area (Å²) in [5.74, 6) is -34.5. The van der Waals surface area contributed by atoms with Crippen LogP contribution in [0.3, 0.4) is 0 Å². The van der Waals surface area contributed by atoms with Gasteiger partial charge >= 0.3 is 35.5 Å². The minimum Gasteiger partial charge on any atom is -0.194 e. The fourth-order valence-electron chi connectivity index (χ4n) is 10.4. The van der Waals surface area contributed by atoms with Crippen LogP contribution in [-0.2, 0) is 0 Å². The highest BCUT2D eigenvalue weighted by atomic mass is 32.2. The lowest BCUT2D eigenvalue weighted by Crippen LogP contribution is -2.50. The maximum atomic E-state index is 15.4. The predicted molar refractivity (Wildman–Crippen MR) is 287 cm³/mol. The Morgan fingerprint density at radius 1 is 0.474 bits per heavy atom. The van der Waals surface area contributed by atoms with Gasteiger partial charge in [0.2, 0.25) is 0 Å². The van der Waals surface area contributed by atoms with Gasteiger partial charge in [0, 0.05) is 83.8 Å². The molecule has 9 aliphatic rings. The molecule has 0 aromatic heterocycles. The molecule has 6 aliphatic heterocycles. The van der Waals surface area contributed by atoms with Crippen molar-refractivity contribution in [1.29, 1.82) is 21.0 Å². The number of benzene rings is 2. The van der Waals surface area contributed by atoms with Gasteiger partial charge in [0.25, 0.3) is 0 Å². The topological polar surface area (TPSA) is 95.2 Å². The number of rotatable bonds is 6. The number of allylic oxidation sites excluding steroid dienone is 14. The van der Waals surface area contributed by atoms with Crippen molar-refractivity contribution in [2.45, 2.75) is 103 Å². The highest BCUT2D eigenvalue weighted by Gasteiger charge is 2.85. The average Bonchev–Trinajstić information content (AvgIpc) is 3.90. The number of nitrogens with zero attached hydrogens (tertiary/aromatic N) is 4. The van der Waals surface area contributed by atoms with Crippen molar-refractivity contribution in [3.05, 3.63) is 170 Å². The van der Waals surface area contributed by atoms with Gasteiger partial charge in [-0.05, 0) is 85.7 Å². The molecule has 11 rings (SSSR count). The van der Waals surface area contributed by atoms with Crippen molar-refractivity contribution in [3.8, 4) is 24.3 Å². The fourth-order valence-corrected chi connectivity index (χ4v) is 20.9. The van der Waals surface area contributed by atoms with E-state index >= 15 is 35.1 Å². The molecule has 0 N–H and O–H groups in total. The third-order valence-electron chi connectivity index (χ3n) is 14.2. The molecule has 78 heavy (non-hydrogen) atoms. The zero-order valence-electron chi connectivity index (χ0n) is 40.1. The van der Waals surface area contributed by atoms with E-state index in [0.29, 0.717) is 9.81 Å². The number of halogens is 12. The maximum Gasteiger partial charge on any atom is 0.380 e. The molecular weight excluding hydrogens is 1190 g/mol. The minimum atomic E-state index is -5.64. The van der Waals surface area contributed by atoms with Gasteiger partial charge in [0.05, 0.1) is 18.0 Å². The number of alkyl halides is 12. The summed E-state index contributed by atoms with van der Waals surface area (Å²) < 4.78 is 181. The summed E-state index contributed by atoms with van der Waals surface area (Å²) in [6, 6.07) is 22.0. The van der Waals surface area contributed by atoms with Crippen molar-refractivity contribution < 1.29 is 52.7 Å². The molecular formula is C54H32F12N4S8. The van der Waals surface area contributed by atoms with Crippen LogP contribution < -0.4 is 0 Å². The molecule has 6 heterocycles. The number of fused-ring (bicyclic) bond motifs is 6. The van der Waals surface area contributed by atoms with E-state index in [2.05, 4.69) is 0 Å². The highest BCUT2D eigenvalue weighted by molar-refractivity contribution is 8.25. The highest BCUT2D eigenvalue weighted by Crippen LogP contribution is 2.75. The predicted octanol–water partition coefficient (Wildman–Crippen LogP) is 18.2. The molecule has 0 spiro atoms. The van der Waals surface area contributed by atoms with Crippen LogP contribution >= 0.6 is 94.1 Å². The van der Waals surface area contributed by atoms with Gasteiger partial charge in [-0.25, -0.2) is 0 Å². The van der Waals surface area contributed by atoms with Crippen LogP contribution in [0.4, 0.5) is 52.7 Å². The molecule has 2 aromatic rings. The van der Waals surface area contributed by atoms with E-state index in [9.17, 15) is 28.1 Å². The first kappa shape index (κ1) is 56.8. The summed E-state index contributed by atoms with van der Waals surface area (Å²) in [6.07, 6.45) is 10.9. The largest absolute Gasteiger partial charge is 0.380 e. The Bertz CT molecular complexity index is 3510. The summed E-state index contributed by atoms with van der Waals surface area (Å²) in [7, 11) is 0. The van der Waals surface area contributed by atoms with Crippen molar-refractivity contribution in [2.75, 3.05) is 0 Å². The third-order valence-corrected chi connectivity index (χ3v) is 24.6. The summed E-state index contributed by atoms with van der Waals surface area (Å²) in [4.78, 5) is 5.54. The quantitative estimate of drug-likeness (QED) is 0.157. The van der Waals surface area contributed by atoms with Crippen LogP contribution in [-0.4, -0.2) is 55.5 Å². The molecule has 24 heteroatoms. The zero-order valence-corrected chi connectivity index (χ0v) is 46.7. The van der Waals surface area contributed by atoms with E-state index in [1.807, 2.05) is 48.5 Å². The lowest BCUT2D eigenvalue weighted by Gasteiger charge is -2.47. The van der Waals surface area contributed by atoms with Gasteiger partial charge in [0.1, 0.15) is 35.4 Å². The molecule has 6 atom stereocenters. The molecule has 2 aromatic carbocycles. The second-order valence-corrected chi connectivity index (χ2v) is 29.6. The summed E-state index contributed by atoms with van der Waals surface area (Å²) in [5, 5.41) is 34.9. The van der Waals surface area contributed by atoms with Gasteiger partial charge in [-0.15, -0.1) is 47.0 Å². The van der Waals surface area contributed by atoms with Gasteiger partial charge < -0.3 is 0 Å². The van der Waals surface area contributed by atoms with Crippen LogP contribution in [0.25, 0.3) is 0 Å². The van der Waals surface area contributed by atoms with Gasteiger partial charge in [-0.3, -0.25) is 0 Å². The van der Waals surface area contributed by atoms with E-state index in [1.165, 1.54) is 84.0 Å². The number of hydrogen-bond acceptors (Lipinski definition) is 12. The molecule has 4 nitrogen and oxygen atoms in total. The third kappa shape index (κ3) is 8.50. The van der Waals surface area contributed by atoms with E-state index in [4.69, 9.17) is 10.5 Å². The summed E-state index contributed by atoms with van der Waals surface area (Å²) >= 11 is 10.3. The summed E-state index contributed by atoms with van der Waals surface area (Å²) in [6.45, 7) is 6.20. The Morgan fingerprint density at radius 3 is 1.22 bits per heavy atom. The number of hydrogen-bond donors (Lipinski definition) is 0. The van der Waals surface area contributed by atoms with Crippen LogP contribution in [0.5, 0.6) is 0 Å². The Morgan fingerprint density at radius 2 is 0.808 bits per heavy atom. The van der Waals surface area contributed by atoms with Crippen molar-refractivity contribution >= 4 is 94.1 Å². The van der Waals surface area contributed by atoms with E-state index in [-0.39, 0.29) is 32.1 Å².